The van der Waals surface area contributed by atoms with Crippen LogP contribution in [0.3, 0.4) is 0 Å². The minimum Gasteiger partial charge on any atom is -0.444 e. The number of aryl methyl sites for hydroxylation is 2. The summed E-state index contributed by atoms with van der Waals surface area (Å²) in [6.07, 6.45) is 3.84. The van der Waals surface area contributed by atoms with Gasteiger partial charge in [0.05, 0.1) is 6.04 Å². The van der Waals surface area contributed by atoms with Gasteiger partial charge in [-0.05, 0) is 93.0 Å². The average molecular weight is 524 g/mol. The molecule has 0 saturated heterocycles. The molecule has 4 rings (SSSR count). The number of hydrogen-bond donors (Lipinski definition) is 2. The molecule has 3 N–H and O–H groups in total. The highest BCUT2D eigenvalue weighted by Gasteiger charge is 2.26. The minimum absolute atomic E-state index is 0.0624. The molecular weight excluding hydrogens is 496 g/mol. The van der Waals surface area contributed by atoms with E-state index in [0.717, 1.165) is 34.6 Å². The Bertz CT molecular complexity index is 893. The van der Waals surface area contributed by atoms with Crippen LogP contribution in [0.1, 0.15) is 68.0 Å². The van der Waals surface area contributed by atoms with Crippen molar-refractivity contribution in [3.8, 4) is 0 Å². The maximum Gasteiger partial charge on any atom is 0.408 e. The number of fused-ring (bicyclic) bond motifs is 2. The number of halogens is 2. The Morgan fingerprint density at radius 1 is 1.00 bits per heavy atom. The normalized spacial score (nSPS) is 19.7. The number of alkyl carbamates (subject to hydrolysis) is 1. The van der Waals surface area contributed by atoms with Gasteiger partial charge in [0.2, 0.25) is 0 Å². The van der Waals surface area contributed by atoms with Gasteiger partial charge in [-0.2, -0.15) is 0 Å². The van der Waals surface area contributed by atoms with E-state index in [-0.39, 0.29) is 18.2 Å². The van der Waals surface area contributed by atoms with E-state index in [4.69, 9.17) is 10.5 Å². The molecule has 0 aromatic heterocycles. The molecule has 6 heteroatoms. The van der Waals surface area contributed by atoms with Crippen LogP contribution in [0.15, 0.2) is 45.3 Å². The number of carbonyl (C=O) groups excluding carboxylic acids is 1. The van der Waals surface area contributed by atoms with Crippen LogP contribution >= 0.6 is 31.9 Å². The summed E-state index contributed by atoms with van der Waals surface area (Å²) in [7, 11) is 0. The van der Waals surface area contributed by atoms with Gasteiger partial charge in [0.1, 0.15) is 5.60 Å². The number of ether oxygens (including phenoxy) is 1. The second-order valence-corrected chi connectivity index (χ2v) is 10.4. The first kappa shape index (κ1) is 22.3. The predicted octanol–water partition coefficient (Wildman–Crippen LogP) is 6.36. The number of nitrogens with one attached hydrogen (secondary N) is 1. The molecule has 2 aliphatic rings. The first-order chi connectivity index (χ1) is 13.6. The molecule has 156 valence electrons. The molecule has 2 atom stereocenters. The molecule has 0 saturated carbocycles. The molecule has 0 heterocycles. The number of amides is 1. The lowest BCUT2D eigenvalue weighted by atomic mass is 10.1. The highest BCUT2D eigenvalue weighted by molar-refractivity contribution is 9.10. The quantitative estimate of drug-likeness (QED) is 0.457. The molecule has 2 aromatic rings. The van der Waals surface area contributed by atoms with E-state index >= 15 is 0 Å². The van der Waals surface area contributed by atoms with Crippen molar-refractivity contribution in [2.24, 2.45) is 5.73 Å². The predicted molar refractivity (Wildman–Crippen MR) is 124 cm³/mol. The number of nitrogens with two attached hydrogens (primary N) is 1. The van der Waals surface area contributed by atoms with Crippen molar-refractivity contribution >= 4 is 38.0 Å². The molecular formula is C23H28Br2N2O2. The van der Waals surface area contributed by atoms with Gasteiger partial charge in [0.25, 0.3) is 0 Å². The standard InChI is InChI=1S/C14H18BrNO2.C9H10BrN/c1-14(2,3)18-13(17)16-12-7-5-9-4-6-10(15)8-11(9)12;10-7-3-1-6-2-4-9(11)8(6)5-7/h4,6,8,12H,5,7H2,1-3H3,(H,16,17);1,3,5,9H,2,4,11H2/t12-;9-/m11/s1. The Balaban J connectivity index is 0.000000186. The maximum atomic E-state index is 11.8. The highest BCUT2D eigenvalue weighted by atomic mass is 79.9. The minimum atomic E-state index is -0.456. The summed E-state index contributed by atoms with van der Waals surface area (Å²) in [6, 6.07) is 12.9. The lowest BCUT2D eigenvalue weighted by Crippen LogP contribution is -2.34. The topological polar surface area (TPSA) is 64.3 Å². The average Bonchev–Trinajstić information content (AvgIpc) is 3.18. The monoisotopic (exact) mass is 522 g/mol. The van der Waals surface area contributed by atoms with Crippen LogP contribution in [0.25, 0.3) is 0 Å². The lowest BCUT2D eigenvalue weighted by Gasteiger charge is -2.22. The van der Waals surface area contributed by atoms with Crippen molar-refractivity contribution < 1.29 is 9.53 Å². The molecule has 0 unspecified atom stereocenters. The van der Waals surface area contributed by atoms with Gasteiger partial charge in [-0.1, -0.05) is 44.0 Å². The van der Waals surface area contributed by atoms with Crippen LogP contribution in [0, 0.1) is 0 Å². The van der Waals surface area contributed by atoms with Crippen molar-refractivity contribution in [3.63, 3.8) is 0 Å². The first-order valence-electron chi connectivity index (χ1n) is 9.94. The maximum absolute atomic E-state index is 11.8. The molecule has 2 aromatic carbocycles. The van der Waals surface area contributed by atoms with Crippen LogP contribution in [0.4, 0.5) is 4.79 Å². The van der Waals surface area contributed by atoms with Crippen molar-refractivity contribution in [3.05, 3.63) is 67.6 Å². The fraction of sp³-hybridized carbons (Fsp3) is 0.435. The van der Waals surface area contributed by atoms with Crippen LogP contribution in [-0.4, -0.2) is 11.7 Å². The number of benzene rings is 2. The van der Waals surface area contributed by atoms with E-state index < -0.39 is 5.60 Å². The Morgan fingerprint density at radius 3 is 2.17 bits per heavy atom. The molecule has 2 aliphatic carbocycles. The SMILES string of the molecule is CC(C)(C)OC(=O)N[C@@H]1CCc2ccc(Br)cc21.N[C@@H]1CCc2ccc(Br)cc21. The molecule has 0 fully saturated rings. The van der Waals surface area contributed by atoms with Crippen LogP contribution in [-0.2, 0) is 17.6 Å². The first-order valence-corrected chi connectivity index (χ1v) is 11.5. The smallest absolute Gasteiger partial charge is 0.408 e. The Kier molecular flexibility index (Phi) is 7.07. The third-order valence-corrected chi connectivity index (χ3v) is 6.10. The largest absolute Gasteiger partial charge is 0.444 e. The molecule has 29 heavy (non-hydrogen) atoms. The number of carbonyl (C=O) groups is 1. The summed E-state index contributed by atoms with van der Waals surface area (Å²) in [4.78, 5) is 11.8. The third-order valence-electron chi connectivity index (χ3n) is 5.11. The zero-order valence-electron chi connectivity index (χ0n) is 17.1. The van der Waals surface area contributed by atoms with Crippen LogP contribution in [0.2, 0.25) is 0 Å². The summed E-state index contributed by atoms with van der Waals surface area (Å²) < 4.78 is 7.46. The van der Waals surface area contributed by atoms with Crippen molar-refractivity contribution in [1.29, 1.82) is 0 Å². The van der Waals surface area contributed by atoms with Gasteiger partial charge < -0.3 is 15.8 Å². The zero-order valence-corrected chi connectivity index (χ0v) is 20.3. The van der Waals surface area contributed by atoms with E-state index in [1.54, 1.807) is 0 Å². The van der Waals surface area contributed by atoms with Gasteiger partial charge in [0.15, 0.2) is 0 Å². The molecule has 4 nitrogen and oxygen atoms in total. The van der Waals surface area contributed by atoms with Gasteiger partial charge >= 0.3 is 6.09 Å². The molecule has 0 bridgehead atoms. The van der Waals surface area contributed by atoms with Gasteiger partial charge in [0, 0.05) is 15.0 Å². The summed E-state index contributed by atoms with van der Waals surface area (Å²) in [5.74, 6) is 0. The van der Waals surface area contributed by atoms with E-state index in [0.29, 0.717) is 0 Å². The van der Waals surface area contributed by atoms with E-state index in [1.807, 2.05) is 26.8 Å². The van der Waals surface area contributed by atoms with Gasteiger partial charge in [-0.25, -0.2) is 4.79 Å². The second-order valence-electron chi connectivity index (χ2n) is 8.57. The van der Waals surface area contributed by atoms with Gasteiger partial charge in [-0.3, -0.25) is 0 Å². The number of rotatable bonds is 1. The Labute approximate surface area is 189 Å². The summed E-state index contributed by atoms with van der Waals surface area (Å²) >= 11 is 6.90. The van der Waals surface area contributed by atoms with E-state index in [9.17, 15) is 4.79 Å². The molecule has 1 amide bonds. The highest BCUT2D eigenvalue weighted by Crippen LogP contribution is 2.33. The fourth-order valence-electron chi connectivity index (χ4n) is 3.78. The zero-order chi connectivity index (χ0) is 21.2. The molecule has 0 radical (unpaired) electrons. The van der Waals surface area contributed by atoms with Gasteiger partial charge in [-0.15, -0.1) is 0 Å². The van der Waals surface area contributed by atoms with Crippen molar-refractivity contribution in [1.82, 2.24) is 5.32 Å². The van der Waals surface area contributed by atoms with Crippen molar-refractivity contribution in [2.75, 3.05) is 0 Å². The number of hydrogen-bond acceptors (Lipinski definition) is 3. The molecule has 0 spiro atoms. The summed E-state index contributed by atoms with van der Waals surface area (Å²) in [5, 5.41) is 2.94. The second kappa shape index (κ2) is 9.19. The fourth-order valence-corrected chi connectivity index (χ4v) is 4.54. The Hall–Kier alpha value is -1.37. The third kappa shape index (κ3) is 6.06. The van der Waals surface area contributed by atoms with Crippen molar-refractivity contribution in [2.45, 2.75) is 64.1 Å². The van der Waals surface area contributed by atoms with E-state index in [1.165, 1.54) is 22.3 Å². The molecule has 0 aliphatic heterocycles. The lowest BCUT2D eigenvalue weighted by molar-refractivity contribution is 0.0503. The van der Waals surface area contributed by atoms with E-state index in [2.05, 4.69) is 67.5 Å². The van der Waals surface area contributed by atoms with Crippen LogP contribution in [0.5, 0.6) is 0 Å². The van der Waals surface area contributed by atoms with Crippen LogP contribution < -0.4 is 11.1 Å². The summed E-state index contributed by atoms with van der Waals surface area (Å²) in [5.41, 5.74) is 10.7. The Morgan fingerprint density at radius 2 is 1.55 bits per heavy atom. The summed E-state index contributed by atoms with van der Waals surface area (Å²) in [6.45, 7) is 5.60.